The number of fused-ring (bicyclic) bond motifs is 1. The van der Waals surface area contributed by atoms with Crippen molar-refractivity contribution in [3.63, 3.8) is 0 Å². The molecule has 1 atom stereocenters. The van der Waals surface area contributed by atoms with E-state index in [9.17, 15) is 0 Å². The topological polar surface area (TPSA) is 29.9 Å². The van der Waals surface area contributed by atoms with Crippen LogP contribution in [0.3, 0.4) is 0 Å². The summed E-state index contributed by atoms with van der Waals surface area (Å²) in [5, 5.41) is 9.24. The Kier molecular flexibility index (Phi) is 3.73. The molecular formula is C18H23N3. The normalized spacial score (nSPS) is 22.3. The van der Waals surface area contributed by atoms with Gasteiger partial charge in [-0.25, -0.2) is 0 Å². The smallest absolute Gasteiger partial charge is 0.0935 e. The van der Waals surface area contributed by atoms with E-state index in [2.05, 4.69) is 67.4 Å². The summed E-state index contributed by atoms with van der Waals surface area (Å²) in [5.74, 6) is 6.81. The molecule has 0 spiro atoms. The Hall–Kier alpha value is -1.79. The molecule has 2 heterocycles. The Morgan fingerprint density at radius 2 is 2.24 bits per heavy atom. The lowest BCUT2D eigenvalue weighted by atomic mass is 9.83. The number of nitrogens with zero attached hydrogens (tertiary/aromatic N) is 2. The molecule has 3 heteroatoms. The number of piperidine rings is 1. The zero-order chi connectivity index (χ0) is 14.9. The Morgan fingerprint density at radius 3 is 2.95 bits per heavy atom. The molecule has 3 rings (SSSR count). The lowest BCUT2D eigenvalue weighted by Crippen LogP contribution is -2.36. The third-order valence-electron chi connectivity index (χ3n) is 4.16. The average molecular weight is 281 g/mol. The van der Waals surface area contributed by atoms with Crippen molar-refractivity contribution in [2.75, 3.05) is 13.1 Å². The van der Waals surface area contributed by atoms with Crippen LogP contribution >= 0.6 is 0 Å². The van der Waals surface area contributed by atoms with Crippen molar-refractivity contribution < 1.29 is 0 Å². The van der Waals surface area contributed by atoms with Gasteiger partial charge in [-0.05, 0) is 58.4 Å². The number of nitrogens with one attached hydrogen (secondary N) is 1. The van der Waals surface area contributed by atoms with Crippen molar-refractivity contribution in [3.05, 3.63) is 30.0 Å². The van der Waals surface area contributed by atoms with Gasteiger partial charge >= 0.3 is 0 Å². The van der Waals surface area contributed by atoms with E-state index in [0.29, 0.717) is 6.04 Å². The van der Waals surface area contributed by atoms with Gasteiger partial charge in [0.05, 0.1) is 5.52 Å². The predicted octanol–water partition coefficient (Wildman–Crippen LogP) is 3.36. The summed E-state index contributed by atoms with van der Waals surface area (Å²) in [5.41, 5.74) is 2.19. The quantitative estimate of drug-likeness (QED) is 0.812. The minimum atomic E-state index is 0.102. The Bertz CT molecular complexity index is 694. The summed E-state index contributed by atoms with van der Waals surface area (Å²) in [6.07, 6.45) is 4.49. The van der Waals surface area contributed by atoms with E-state index < -0.39 is 0 Å². The van der Waals surface area contributed by atoms with Gasteiger partial charge in [0.25, 0.3) is 0 Å². The van der Waals surface area contributed by atoms with Crippen LogP contribution < -0.4 is 5.32 Å². The van der Waals surface area contributed by atoms with Crippen LogP contribution in [-0.4, -0.2) is 22.9 Å². The van der Waals surface area contributed by atoms with Crippen molar-refractivity contribution in [3.8, 4) is 11.8 Å². The predicted molar refractivity (Wildman–Crippen MR) is 87.2 cm³/mol. The highest BCUT2D eigenvalue weighted by molar-refractivity contribution is 5.79. The molecule has 2 aromatic rings. The van der Waals surface area contributed by atoms with Crippen LogP contribution in [0.1, 0.15) is 45.2 Å². The molecule has 1 aromatic heterocycles. The first kappa shape index (κ1) is 14.2. The van der Waals surface area contributed by atoms with Crippen LogP contribution in [0.2, 0.25) is 0 Å². The van der Waals surface area contributed by atoms with E-state index in [0.717, 1.165) is 24.2 Å². The van der Waals surface area contributed by atoms with Gasteiger partial charge in [-0.3, -0.25) is 4.68 Å². The molecule has 0 amide bonds. The summed E-state index contributed by atoms with van der Waals surface area (Å²) in [6, 6.07) is 6.70. The first-order valence-electron chi connectivity index (χ1n) is 7.79. The van der Waals surface area contributed by atoms with E-state index in [1.807, 2.05) is 4.68 Å². The van der Waals surface area contributed by atoms with Crippen molar-refractivity contribution in [1.29, 1.82) is 0 Å². The highest BCUT2D eigenvalue weighted by Gasteiger charge is 2.23. The molecule has 110 valence electrons. The number of hydrogen-bond acceptors (Lipinski definition) is 2. The van der Waals surface area contributed by atoms with Crippen molar-refractivity contribution in [2.45, 2.75) is 39.7 Å². The van der Waals surface area contributed by atoms with Crippen LogP contribution in [0.4, 0.5) is 0 Å². The molecule has 1 saturated heterocycles. The van der Waals surface area contributed by atoms with E-state index >= 15 is 0 Å². The summed E-state index contributed by atoms with van der Waals surface area (Å²) in [7, 11) is 0. The number of benzene rings is 1. The fraction of sp³-hybridized carbons (Fsp3) is 0.500. The maximum atomic E-state index is 4.62. The van der Waals surface area contributed by atoms with Gasteiger partial charge in [0, 0.05) is 35.1 Å². The van der Waals surface area contributed by atoms with Crippen molar-refractivity contribution in [1.82, 2.24) is 15.1 Å². The molecule has 1 unspecified atom stereocenters. The van der Waals surface area contributed by atoms with Crippen molar-refractivity contribution >= 4 is 10.9 Å². The number of hydrogen-bond donors (Lipinski definition) is 1. The minimum Gasteiger partial charge on any atom is -0.315 e. The molecule has 1 fully saturated rings. The van der Waals surface area contributed by atoms with Crippen molar-refractivity contribution in [2.24, 2.45) is 5.41 Å². The van der Waals surface area contributed by atoms with Gasteiger partial charge in [0.2, 0.25) is 0 Å². The monoisotopic (exact) mass is 281 g/mol. The first-order valence-corrected chi connectivity index (χ1v) is 7.79. The largest absolute Gasteiger partial charge is 0.315 e. The molecule has 1 N–H and O–H groups in total. The van der Waals surface area contributed by atoms with Crippen LogP contribution in [0.25, 0.3) is 10.9 Å². The van der Waals surface area contributed by atoms with Crippen LogP contribution in [0, 0.1) is 17.3 Å². The lowest BCUT2D eigenvalue weighted by Gasteiger charge is -2.28. The second kappa shape index (κ2) is 5.54. The molecule has 1 aromatic carbocycles. The second-order valence-corrected chi connectivity index (χ2v) is 6.57. The maximum absolute atomic E-state index is 4.62. The average Bonchev–Trinajstić information content (AvgIpc) is 2.89. The molecule has 0 saturated carbocycles. The van der Waals surface area contributed by atoms with Crippen LogP contribution in [0.5, 0.6) is 0 Å². The fourth-order valence-electron chi connectivity index (χ4n) is 2.76. The van der Waals surface area contributed by atoms with Gasteiger partial charge in [-0.2, -0.15) is 5.10 Å². The van der Waals surface area contributed by atoms with E-state index in [4.69, 9.17) is 0 Å². The summed E-state index contributed by atoms with van der Waals surface area (Å²) in [6.45, 7) is 8.64. The maximum Gasteiger partial charge on any atom is 0.0935 e. The third-order valence-corrected chi connectivity index (χ3v) is 4.16. The molecular weight excluding hydrogens is 258 g/mol. The molecule has 1 aliphatic heterocycles. The Morgan fingerprint density at radius 1 is 1.38 bits per heavy atom. The zero-order valence-electron chi connectivity index (χ0n) is 13.1. The number of rotatable bonds is 1. The Balaban J connectivity index is 1.88. The summed E-state index contributed by atoms with van der Waals surface area (Å²) in [4.78, 5) is 0. The second-order valence-electron chi connectivity index (χ2n) is 6.57. The SMILES string of the molecule is CC(C)n1cc2ccc(C#CC3(C)CCCNC3)cc2n1. The summed E-state index contributed by atoms with van der Waals surface area (Å²) < 4.78 is 2.01. The lowest BCUT2D eigenvalue weighted by molar-refractivity contribution is 0.320. The first-order chi connectivity index (χ1) is 10.1. The molecule has 0 bridgehead atoms. The van der Waals surface area contributed by atoms with E-state index in [1.165, 1.54) is 18.2 Å². The molecule has 3 nitrogen and oxygen atoms in total. The molecule has 21 heavy (non-hydrogen) atoms. The Labute approximate surface area is 126 Å². The molecule has 0 aliphatic carbocycles. The standard InChI is InChI=1S/C18H23N3/c1-14(2)21-12-16-6-5-15(11-17(16)20-21)7-9-18(3)8-4-10-19-13-18/h5-6,11-12,14,19H,4,8,10,13H2,1-3H3. The van der Waals surface area contributed by atoms with Crippen LogP contribution in [-0.2, 0) is 0 Å². The zero-order valence-corrected chi connectivity index (χ0v) is 13.1. The van der Waals surface area contributed by atoms with Gasteiger partial charge in [0.15, 0.2) is 0 Å². The summed E-state index contributed by atoms with van der Waals surface area (Å²) >= 11 is 0. The fourth-order valence-corrected chi connectivity index (χ4v) is 2.76. The third kappa shape index (κ3) is 3.11. The van der Waals surface area contributed by atoms with Gasteiger partial charge in [-0.15, -0.1) is 0 Å². The molecule has 1 aliphatic rings. The highest BCUT2D eigenvalue weighted by atomic mass is 15.3. The van der Waals surface area contributed by atoms with Gasteiger partial charge < -0.3 is 5.32 Å². The van der Waals surface area contributed by atoms with Crippen LogP contribution in [0.15, 0.2) is 24.4 Å². The highest BCUT2D eigenvalue weighted by Crippen LogP contribution is 2.24. The van der Waals surface area contributed by atoms with E-state index in [1.54, 1.807) is 0 Å². The number of aromatic nitrogens is 2. The van der Waals surface area contributed by atoms with Gasteiger partial charge in [0.1, 0.15) is 0 Å². The van der Waals surface area contributed by atoms with E-state index in [-0.39, 0.29) is 5.41 Å². The van der Waals surface area contributed by atoms with Gasteiger partial charge in [-0.1, -0.05) is 11.8 Å². The molecule has 0 radical (unpaired) electrons. The minimum absolute atomic E-state index is 0.102.